The van der Waals surface area contributed by atoms with E-state index in [-0.39, 0.29) is 0 Å². The molecule has 5 aromatic rings. The van der Waals surface area contributed by atoms with Crippen molar-refractivity contribution in [3.63, 3.8) is 0 Å². The molecule has 0 fully saturated rings. The number of aromatic amines is 2. The first-order chi connectivity index (χ1) is 13.6. The van der Waals surface area contributed by atoms with E-state index in [1.807, 2.05) is 25.3 Å². The van der Waals surface area contributed by atoms with Gasteiger partial charge >= 0.3 is 0 Å². The summed E-state index contributed by atoms with van der Waals surface area (Å²) in [6.07, 6.45) is 4.44. The Balaban J connectivity index is 1.37. The maximum atomic E-state index is 6.21. The number of benzene rings is 2. The second-order valence-electron chi connectivity index (χ2n) is 7.06. The van der Waals surface area contributed by atoms with Gasteiger partial charge < -0.3 is 21.0 Å². The Kier molecular flexibility index (Phi) is 3.76. The fraction of sp³-hybridized carbons (Fsp3) is 0.0909. The van der Waals surface area contributed by atoms with Crippen molar-refractivity contribution < 1.29 is 0 Å². The third kappa shape index (κ3) is 3.05. The summed E-state index contributed by atoms with van der Waals surface area (Å²) in [5.41, 5.74) is 12.6. The van der Waals surface area contributed by atoms with Gasteiger partial charge in [0.05, 0.1) is 0 Å². The Morgan fingerprint density at radius 1 is 1.00 bits per heavy atom. The highest BCUT2D eigenvalue weighted by Gasteiger charge is 2.08. The molecule has 0 radical (unpaired) electrons. The fourth-order valence-corrected chi connectivity index (χ4v) is 3.53. The molecule has 0 aliphatic heterocycles. The molecule has 0 bridgehead atoms. The molecule has 2 aromatic carbocycles. The van der Waals surface area contributed by atoms with Gasteiger partial charge in [0.15, 0.2) is 0 Å². The number of nitrogens with zero attached hydrogens (tertiary/aromatic N) is 2. The van der Waals surface area contributed by atoms with Gasteiger partial charge in [-0.2, -0.15) is 4.98 Å². The summed E-state index contributed by atoms with van der Waals surface area (Å²) in [7, 11) is 0. The van der Waals surface area contributed by atoms with Gasteiger partial charge in [0, 0.05) is 52.2 Å². The zero-order chi connectivity index (χ0) is 19.1. The summed E-state index contributed by atoms with van der Waals surface area (Å²) in [6, 6.07) is 16.6. The van der Waals surface area contributed by atoms with Crippen molar-refractivity contribution in [2.75, 3.05) is 11.1 Å². The Morgan fingerprint density at radius 2 is 1.89 bits per heavy atom. The van der Waals surface area contributed by atoms with E-state index in [4.69, 9.17) is 5.73 Å². The van der Waals surface area contributed by atoms with Crippen molar-refractivity contribution >= 4 is 39.3 Å². The third-order valence-electron chi connectivity index (χ3n) is 4.92. The van der Waals surface area contributed by atoms with Crippen LogP contribution in [0.2, 0.25) is 0 Å². The lowest BCUT2D eigenvalue weighted by atomic mass is 10.1. The van der Waals surface area contributed by atoms with E-state index < -0.39 is 0 Å². The van der Waals surface area contributed by atoms with Crippen LogP contribution >= 0.6 is 0 Å². The number of nitrogens with two attached hydrogens (primary N) is 1. The molecule has 3 aromatic heterocycles. The minimum Gasteiger partial charge on any atom is -0.383 e. The highest BCUT2D eigenvalue weighted by molar-refractivity contribution is 5.84. The van der Waals surface area contributed by atoms with Gasteiger partial charge in [-0.3, -0.25) is 0 Å². The lowest BCUT2D eigenvalue weighted by molar-refractivity contribution is 1.09. The largest absolute Gasteiger partial charge is 0.383 e. The van der Waals surface area contributed by atoms with Gasteiger partial charge in [0.25, 0.3) is 0 Å². The molecular formula is C22H20N6. The Bertz CT molecular complexity index is 1300. The second-order valence-corrected chi connectivity index (χ2v) is 7.06. The molecule has 0 saturated heterocycles. The number of H-pyrrole nitrogens is 2. The van der Waals surface area contributed by atoms with E-state index in [1.54, 1.807) is 6.20 Å². The van der Waals surface area contributed by atoms with Gasteiger partial charge in [0.1, 0.15) is 5.82 Å². The molecule has 0 amide bonds. The van der Waals surface area contributed by atoms with Crippen LogP contribution in [-0.2, 0) is 6.42 Å². The maximum absolute atomic E-state index is 6.21. The predicted molar refractivity (Wildman–Crippen MR) is 114 cm³/mol. The van der Waals surface area contributed by atoms with Crippen molar-refractivity contribution in [3.05, 3.63) is 77.7 Å². The van der Waals surface area contributed by atoms with Crippen LogP contribution in [0.15, 0.2) is 60.9 Å². The molecule has 5 rings (SSSR count). The lowest BCUT2D eigenvalue weighted by Gasteiger charge is -2.09. The molecule has 6 nitrogen and oxygen atoms in total. The third-order valence-corrected chi connectivity index (χ3v) is 4.92. The molecule has 6 heteroatoms. The van der Waals surface area contributed by atoms with E-state index in [9.17, 15) is 0 Å². The molecular weight excluding hydrogens is 348 g/mol. The minimum absolute atomic E-state index is 0.491. The molecule has 5 N–H and O–H groups in total. The Morgan fingerprint density at radius 3 is 2.79 bits per heavy atom. The minimum atomic E-state index is 0.491. The van der Waals surface area contributed by atoms with Gasteiger partial charge in [-0.15, -0.1) is 0 Å². The highest BCUT2D eigenvalue weighted by atomic mass is 15.1. The smallest absolute Gasteiger partial charge is 0.229 e. The zero-order valence-electron chi connectivity index (χ0n) is 15.5. The molecule has 0 saturated carbocycles. The SMILES string of the molecule is Cc1cc2cc(Nc3ncc(Cc4ccc5[nH]ccc5c4)c(N)n3)ccc2[nH]1. The number of hydrogen-bond donors (Lipinski definition) is 4. The van der Waals surface area contributed by atoms with E-state index in [0.29, 0.717) is 18.2 Å². The lowest BCUT2D eigenvalue weighted by Crippen LogP contribution is -2.04. The van der Waals surface area contributed by atoms with Crippen LogP contribution in [0.25, 0.3) is 21.8 Å². The fourth-order valence-electron chi connectivity index (χ4n) is 3.53. The standard InChI is InChI=1S/C22H20N6/c1-13-8-16-11-18(3-5-20(16)26-13)27-22-25-12-17(21(23)28-22)10-14-2-4-19-15(9-14)6-7-24-19/h2-9,11-12,24,26H,10H2,1H3,(H3,23,25,27,28). The molecule has 0 atom stereocenters. The van der Waals surface area contributed by atoms with Crippen molar-refractivity contribution in [3.8, 4) is 0 Å². The number of rotatable bonds is 4. The van der Waals surface area contributed by atoms with Gasteiger partial charge in [-0.05, 0) is 60.3 Å². The van der Waals surface area contributed by atoms with Crippen LogP contribution in [-0.4, -0.2) is 19.9 Å². The van der Waals surface area contributed by atoms with Gasteiger partial charge in [-0.25, -0.2) is 4.98 Å². The summed E-state index contributed by atoms with van der Waals surface area (Å²) < 4.78 is 0. The van der Waals surface area contributed by atoms with Crippen molar-refractivity contribution in [1.29, 1.82) is 0 Å². The first-order valence-electron chi connectivity index (χ1n) is 9.18. The quantitative estimate of drug-likeness (QED) is 0.371. The summed E-state index contributed by atoms with van der Waals surface area (Å²) in [6.45, 7) is 2.05. The molecule has 0 spiro atoms. The van der Waals surface area contributed by atoms with Gasteiger partial charge in [-0.1, -0.05) is 6.07 Å². The predicted octanol–water partition coefficient (Wildman–Crippen LogP) is 4.66. The molecule has 0 unspecified atom stereocenters. The number of hydrogen-bond acceptors (Lipinski definition) is 4. The Hall–Kier alpha value is -3.80. The normalized spacial score (nSPS) is 11.3. The van der Waals surface area contributed by atoms with Crippen molar-refractivity contribution in [2.45, 2.75) is 13.3 Å². The Labute approximate surface area is 161 Å². The number of aryl methyl sites for hydroxylation is 1. The van der Waals surface area contributed by atoms with Crippen LogP contribution in [0.4, 0.5) is 17.5 Å². The van der Waals surface area contributed by atoms with Crippen LogP contribution in [0.3, 0.4) is 0 Å². The summed E-state index contributed by atoms with van der Waals surface area (Å²) in [5, 5.41) is 5.57. The van der Waals surface area contributed by atoms with Crippen molar-refractivity contribution in [1.82, 2.24) is 19.9 Å². The molecule has 138 valence electrons. The number of fused-ring (bicyclic) bond motifs is 2. The maximum Gasteiger partial charge on any atom is 0.229 e. The number of nitrogens with one attached hydrogen (secondary N) is 3. The average Bonchev–Trinajstić information content (AvgIpc) is 3.28. The first-order valence-corrected chi connectivity index (χ1v) is 9.18. The summed E-state index contributed by atoms with van der Waals surface area (Å²) >= 11 is 0. The molecule has 0 aliphatic rings. The molecule has 28 heavy (non-hydrogen) atoms. The van der Waals surface area contributed by atoms with E-state index in [2.05, 4.69) is 61.7 Å². The monoisotopic (exact) mass is 368 g/mol. The summed E-state index contributed by atoms with van der Waals surface area (Å²) in [4.78, 5) is 15.4. The molecule has 0 aliphatic carbocycles. The number of nitrogen functional groups attached to an aromatic ring is 1. The number of aromatic nitrogens is 4. The van der Waals surface area contributed by atoms with Crippen molar-refractivity contribution in [2.24, 2.45) is 0 Å². The zero-order valence-corrected chi connectivity index (χ0v) is 15.5. The van der Waals surface area contributed by atoms with Gasteiger partial charge in [0.2, 0.25) is 5.95 Å². The first kappa shape index (κ1) is 16.4. The van der Waals surface area contributed by atoms with Crippen LogP contribution in [0, 0.1) is 6.92 Å². The van der Waals surface area contributed by atoms with E-state index in [1.165, 1.54) is 10.9 Å². The second kappa shape index (κ2) is 6.42. The molecule has 3 heterocycles. The highest BCUT2D eigenvalue weighted by Crippen LogP contribution is 2.23. The topological polar surface area (TPSA) is 95.4 Å². The van der Waals surface area contributed by atoms with E-state index >= 15 is 0 Å². The number of anilines is 3. The van der Waals surface area contributed by atoms with E-state index in [0.717, 1.165) is 33.4 Å². The van der Waals surface area contributed by atoms with Crippen LogP contribution in [0.5, 0.6) is 0 Å². The summed E-state index contributed by atoms with van der Waals surface area (Å²) in [5.74, 6) is 0.985. The average molecular weight is 368 g/mol. The van der Waals surface area contributed by atoms with Crippen LogP contribution < -0.4 is 11.1 Å². The van der Waals surface area contributed by atoms with Crippen LogP contribution in [0.1, 0.15) is 16.8 Å².